The van der Waals surface area contributed by atoms with Gasteiger partial charge in [0, 0.05) is 5.92 Å². The van der Waals surface area contributed by atoms with Gasteiger partial charge in [-0.3, -0.25) is 4.79 Å². The number of benzene rings is 1. The molecule has 0 saturated heterocycles. The second-order valence-corrected chi connectivity index (χ2v) is 3.79. The summed E-state index contributed by atoms with van der Waals surface area (Å²) in [5, 5.41) is 0. The van der Waals surface area contributed by atoms with Gasteiger partial charge in [-0.05, 0) is 36.6 Å². The Bertz CT molecular complexity index is 389. The number of carbonyl (C=O) groups excluding carboxylic acids is 1. The van der Waals surface area contributed by atoms with Crippen LogP contribution in [-0.2, 0) is 4.79 Å². The first kappa shape index (κ1) is 9.97. The second-order valence-electron chi connectivity index (χ2n) is 3.79. The number of rotatable bonds is 4. The molecule has 0 heterocycles. The molecule has 2 heteroatoms. The number of ether oxygens (including phenoxy) is 1. The van der Waals surface area contributed by atoms with Crippen LogP contribution in [0.15, 0.2) is 30.3 Å². The van der Waals surface area contributed by atoms with Crippen LogP contribution in [0.3, 0.4) is 0 Å². The highest BCUT2D eigenvalue weighted by Crippen LogP contribution is 2.30. The maximum absolute atomic E-state index is 11.4. The third-order valence-corrected chi connectivity index (χ3v) is 2.51. The summed E-state index contributed by atoms with van der Waals surface area (Å²) in [6.45, 7) is 0. The van der Waals surface area contributed by atoms with Crippen molar-refractivity contribution >= 4 is 11.9 Å². The van der Waals surface area contributed by atoms with Crippen LogP contribution in [0, 0.1) is 5.92 Å². The first-order chi connectivity index (χ1) is 7.29. The smallest absolute Gasteiger partial charge is 0.158 e. The number of allylic oxidation sites excluding steroid dienone is 1. The molecule has 0 atom stereocenters. The molecule has 0 amide bonds. The molecule has 1 aliphatic carbocycles. The van der Waals surface area contributed by atoms with Gasteiger partial charge in [-0.15, -0.1) is 0 Å². The fourth-order valence-electron chi connectivity index (χ4n) is 1.43. The van der Waals surface area contributed by atoms with Crippen molar-refractivity contribution < 1.29 is 9.53 Å². The molecule has 0 unspecified atom stereocenters. The summed E-state index contributed by atoms with van der Waals surface area (Å²) in [6, 6.07) is 7.68. The molecule has 1 saturated carbocycles. The summed E-state index contributed by atoms with van der Waals surface area (Å²) in [4.78, 5) is 11.4. The summed E-state index contributed by atoms with van der Waals surface area (Å²) in [7, 11) is 1.64. The number of hydrogen-bond acceptors (Lipinski definition) is 2. The fraction of sp³-hybridized carbons (Fsp3) is 0.308. The van der Waals surface area contributed by atoms with Crippen LogP contribution < -0.4 is 4.74 Å². The molecule has 1 fully saturated rings. The molecule has 1 aromatic carbocycles. The lowest BCUT2D eigenvalue weighted by Gasteiger charge is -1.99. The first-order valence-corrected chi connectivity index (χ1v) is 5.15. The molecule has 1 aromatic rings. The third kappa shape index (κ3) is 2.69. The highest BCUT2D eigenvalue weighted by atomic mass is 16.5. The fourth-order valence-corrected chi connectivity index (χ4v) is 1.43. The summed E-state index contributed by atoms with van der Waals surface area (Å²) < 4.78 is 5.10. The van der Waals surface area contributed by atoms with E-state index in [0.717, 1.165) is 24.2 Å². The average Bonchev–Trinajstić information content (AvgIpc) is 3.10. The predicted octanol–water partition coefficient (Wildman–Crippen LogP) is 2.69. The van der Waals surface area contributed by atoms with E-state index in [4.69, 9.17) is 4.74 Å². The summed E-state index contributed by atoms with van der Waals surface area (Å²) >= 11 is 0. The van der Waals surface area contributed by atoms with Gasteiger partial charge in [0.25, 0.3) is 0 Å². The lowest BCUT2D eigenvalue weighted by molar-refractivity contribution is -0.115. The van der Waals surface area contributed by atoms with Crippen molar-refractivity contribution in [2.24, 2.45) is 5.92 Å². The van der Waals surface area contributed by atoms with Gasteiger partial charge < -0.3 is 4.74 Å². The van der Waals surface area contributed by atoms with Crippen LogP contribution in [-0.4, -0.2) is 12.9 Å². The van der Waals surface area contributed by atoms with Crippen molar-refractivity contribution in [1.29, 1.82) is 0 Å². The zero-order valence-electron chi connectivity index (χ0n) is 8.77. The van der Waals surface area contributed by atoms with Gasteiger partial charge in [-0.1, -0.05) is 18.2 Å². The minimum atomic E-state index is 0.248. The van der Waals surface area contributed by atoms with Crippen LogP contribution >= 0.6 is 0 Å². The van der Waals surface area contributed by atoms with Gasteiger partial charge in [0.15, 0.2) is 5.78 Å². The molecular weight excluding hydrogens is 188 g/mol. The van der Waals surface area contributed by atoms with Crippen LogP contribution in [0.1, 0.15) is 18.4 Å². The van der Waals surface area contributed by atoms with Gasteiger partial charge in [0.2, 0.25) is 0 Å². The Balaban J connectivity index is 2.05. The SMILES string of the molecule is COc1cccc(/C=C/C(=O)C2CC2)c1. The minimum Gasteiger partial charge on any atom is -0.497 e. The van der Waals surface area contributed by atoms with E-state index in [-0.39, 0.29) is 5.78 Å². The van der Waals surface area contributed by atoms with E-state index in [1.165, 1.54) is 0 Å². The summed E-state index contributed by atoms with van der Waals surface area (Å²) in [5.74, 6) is 1.36. The van der Waals surface area contributed by atoms with Crippen LogP contribution in [0.25, 0.3) is 6.08 Å². The van der Waals surface area contributed by atoms with Crippen molar-refractivity contribution in [2.75, 3.05) is 7.11 Å². The summed E-state index contributed by atoms with van der Waals surface area (Å²) in [5.41, 5.74) is 1.00. The standard InChI is InChI=1S/C13H14O2/c1-15-12-4-2-3-10(9-12)5-8-13(14)11-6-7-11/h2-5,8-9,11H,6-7H2,1H3/b8-5+. The molecule has 0 aromatic heterocycles. The van der Waals surface area contributed by atoms with E-state index in [0.29, 0.717) is 5.92 Å². The minimum absolute atomic E-state index is 0.248. The topological polar surface area (TPSA) is 26.3 Å². The van der Waals surface area contributed by atoms with Gasteiger partial charge in [-0.2, -0.15) is 0 Å². The number of hydrogen-bond donors (Lipinski definition) is 0. The van der Waals surface area contributed by atoms with Crippen LogP contribution in [0.4, 0.5) is 0 Å². The van der Waals surface area contributed by atoms with E-state index in [2.05, 4.69) is 0 Å². The van der Waals surface area contributed by atoms with Gasteiger partial charge >= 0.3 is 0 Å². The Labute approximate surface area is 89.6 Å². The van der Waals surface area contributed by atoms with E-state index in [9.17, 15) is 4.79 Å². The number of methoxy groups -OCH3 is 1. The summed E-state index contributed by atoms with van der Waals surface area (Å²) in [6.07, 6.45) is 5.64. The van der Waals surface area contributed by atoms with Gasteiger partial charge in [-0.25, -0.2) is 0 Å². The normalized spacial score (nSPS) is 15.5. The molecule has 0 spiro atoms. The molecule has 0 aliphatic heterocycles. The van der Waals surface area contributed by atoms with E-state index in [1.807, 2.05) is 30.3 Å². The molecular formula is C13H14O2. The molecule has 0 N–H and O–H groups in total. The highest BCUT2D eigenvalue weighted by Gasteiger charge is 2.27. The van der Waals surface area contributed by atoms with Crippen LogP contribution in [0.2, 0.25) is 0 Å². The Kier molecular flexibility index (Phi) is 2.86. The zero-order chi connectivity index (χ0) is 10.7. The van der Waals surface area contributed by atoms with Crippen molar-refractivity contribution in [3.63, 3.8) is 0 Å². The molecule has 2 nitrogen and oxygen atoms in total. The first-order valence-electron chi connectivity index (χ1n) is 5.15. The Morgan fingerprint density at radius 3 is 2.93 bits per heavy atom. The van der Waals surface area contributed by atoms with E-state index in [1.54, 1.807) is 13.2 Å². The molecule has 2 rings (SSSR count). The predicted molar refractivity (Wildman–Crippen MR) is 59.8 cm³/mol. The maximum atomic E-state index is 11.4. The molecule has 15 heavy (non-hydrogen) atoms. The van der Waals surface area contributed by atoms with E-state index >= 15 is 0 Å². The lowest BCUT2D eigenvalue weighted by atomic mass is 10.1. The molecule has 0 radical (unpaired) electrons. The monoisotopic (exact) mass is 202 g/mol. The van der Waals surface area contributed by atoms with E-state index < -0.39 is 0 Å². The van der Waals surface area contributed by atoms with Crippen molar-refractivity contribution in [2.45, 2.75) is 12.8 Å². The largest absolute Gasteiger partial charge is 0.497 e. The van der Waals surface area contributed by atoms with Crippen molar-refractivity contribution in [3.05, 3.63) is 35.9 Å². The third-order valence-electron chi connectivity index (χ3n) is 2.51. The Hall–Kier alpha value is -1.57. The number of ketones is 1. The lowest BCUT2D eigenvalue weighted by Crippen LogP contribution is -1.93. The zero-order valence-corrected chi connectivity index (χ0v) is 8.77. The average molecular weight is 202 g/mol. The Morgan fingerprint density at radius 2 is 2.27 bits per heavy atom. The van der Waals surface area contributed by atoms with Gasteiger partial charge in [0.05, 0.1) is 7.11 Å². The molecule has 1 aliphatic rings. The second kappa shape index (κ2) is 4.30. The quantitative estimate of drug-likeness (QED) is 0.702. The molecule has 78 valence electrons. The van der Waals surface area contributed by atoms with Crippen molar-refractivity contribution in [1.82, 2.24) is 0 Å². The van der Waals surface area contributed by atoms with Crippen LogP contribution in [0.5, 0.6) is 5.75 Å². The molecule has 0 bridgehead atoms. The number of carbonyl (C=O) groups is 1. The van der Waals surface area contributed by atoms with Gasteiger partial charge in [0.1, 0.15) is 5.75 Å². The van der Waals surface area contributed by atoms with Crippen molar-refractivity contribution in [3.8, 4) is 5.75 Å². The maximum Gasteiger partial charge on any atom is 0.158 e. The Morgan fingerprint density at radius 1 is 1.47 bits per heavy atom. The highest BCUT2D eigenvalue weighted by molar-refractivity contribution is 5.96.